The standard InChI is InChI=1S/C15H16F3N3/c1-10(9-20-14-7-8-19-11(2)21-14)12-3-5-13(6-4-12)15(16,17)18/h3-8,10H,9H2,1-2H3,(H,19,20,21). The Morgan fingerprint density at radius 1 is 1.14 bits per heavy atom. The van der Waals surface area contributed by atoms with E-state index in [-0.39, 0.29) is 5.92 Å². The lowest BCUT2D eigenvalue weighted by Crippen LogP contribution is -2.12. The van der Waals surface area contributed by atoms with E-state index in [2.05, 4.69) is 15.3 Å². The van der Waals surface area contributed by atoms with Gasteiger partial charge in [-0.3, -0.25) is 0 Å². The van der Waals surface area contributed by atoms with Crippen LogP contribution < -0.4 is 5.32 Å². The number of aromatic nitrogens is 2. The Bertz CT molecular complexity index is 594. The number of halogens is 3. The minimum Gasteiger partial charge on any atom is -0.369 e. The molecule has 0 aliphatic heterocycles. The van der Waals surface area contributed by atoms with E-state index in [0.717, 1.165) is 17.7 Å². The van der Waals surface area contributed by atoms with Crippen molar-refractivity contribution in [3.8, 4) is 0 Å². The molecule has 3 nitrogen and oxygen atoms in total. The van der Waals surface area contributed by atoms with E-state index in [1.807, 2.05) is 6.92 Å². The van der Waals surface area contributed by atoms with E-state index >= 15 is 0 Å². The van der Waals surface area contributed by atoms with Crippen LogP contribution in [0.4, 0.5) is 19.0 Å². The second kappa shape index (κ2) is 6.11. The highest BCUT2D eigenvalue weighted by Crippen LogP contribution is 2.30. The molecule has 1 N–H and O–H groups in total. The number of anilines is 1. The first-order chi connectivity index (χ1) is 9.86. The SMILES string of the molecule is Cc1nccc(NCC(C)c2ccc(C(F)(F)F)cc2)n1. The van der Waals surface area contributed by atoms with Crippen molar-refractivity contribution in [1.29, 1.82) is 0 Å². The molecule has 0 amide bonds. The molecule has 1 unspecified atom stereocenters. The summed E-state index contributed by atoms with van der Waals surface area (Å²) >= 11 is 0. The summed E-state index contributed by atoms with van der Waals surface area (Å²) < 4.78 is 37.5. The van der Waals surface area contributed by atoms with Gasteiger partial charge in [0.25, 0.3) is 0 Å². The summed E-state index contributed by atoms with van der Waals surface area (Å²) in [5.41, 5.74) is 0.221. The van der Waals surface area contributed by atoms with Gasteiger partial charge in [0.1, 0.15) is 11.6 Å². The zero-order chi connectivity index (χ0) is 15.5. The summed E-state index contributed by atoms with van der Waals surface area (Å²) in [4.78, 5) is 8.21. The normalized spacial score (nSPS) is 13.0. The molecule has 0 saturated carbocycles. The molecule has 0 saturated heterocycles. The number of benzene rings is 1. The summed E-state index contributed by atoms with van der Waals surface area (Å²) in [5.74, 6) is 1.45. The predicted octanol–water partition coefficient (Wildman–Crippen LogP) is 4.02. The van der Waals surface area contributed by atoms with Crippen LogP contribution in [0.1, 0.15) is 29.8 Å². The molecule has 1 heterocycles. The summed E-state index contributed by atoms with van der Waals surface area (Å²) in [6, 6.07) is 7.01. The Morgan fingerprint density at radius 2 is 1.81 bits per heavy atom. The Labute approximate surface area is 121 Å². The highest BCUT2D eigenvalue weighted by molar-refractivity contribution is 5.34. The minimum absolute atomic E-state index is 0.0718. The third kappa shape index (κ3) is 4.18. The lowest BCUT2D eigenvalue weighted by Gasteiger charge is -2.15. The Balaban J connectivity index is 1.99. The van der Waals surface area contributed by atoms with Crippen LogP contribution in [-0.2, 0) is 6.18 Å². The largest absolute Gasteiger partial charge is 0.416 e. The highest BCUT2D eigenvalue weighted by Gasteiger charge is 2.30. The zero-order valence-electron chi connectivity index (χ0n) is 11.8. The van der Waals surface area contributed by atoms with E-state index in [1.165, 1.54) is 12.1 Å². The monoisotopic (exact) mass is 295 g/mol. The van der Waals surface area contributed by atoms with Crippen LogP contribution in [0.25, 0.3) is 0 Å². The molecule has 2 rings (SSSR count). The van der Waals surface area contributed by atoms with Crippen molar-refractivity contribution < 1.29 is 13.2 Å². The Kier molecular flexibility index (Phi) is 4.45. The molecule has 112 valence electrons. The van der Waals surface area contributed by atoms with Gasteiger partial charge in [0, 0.05) is 12.7 Å². The van der Waals surface area contributed by atoms with E-state index in [9.17, 15) is 13.2 Å². The van der Waals surface area contributed by atoms with Crippen LogP contribution in [0, 0.1) is 6.92 Å². The molecule has 0 aliphatic carbocycles. The van der Waals surface area contributed by atoms with E-state index in [4.69, 9.17) is 0 Å². The Hall–Kier alpha value is -2.11. The van der Waals surface area contributed by atoms with Crippen LogP contribution in [-0.4, -0.2) is 16.5 Å². The van der Waals surface area contributed by atoms with Gasteiger partial charge in [-0.05, 0) is 36.6 Å². The van der Waals surface area contributed by atoms with Gasteiger partial charge in [0.15, 0.2) is 0 Å². The molecule has 0 fully saturated rings. The number of nitrogens with zero attached hydrogens (tertiary/aromatic N) is 2. The first-order valence-corrected chi connectivity index (χ1v) is 6.57. The van der Waals surface area contributed by atoms with Crippen LogP contribution >= 0.6 is 0 Å². The minimum atomic E-state index is -4.29. The first kappa shape index (κ1) is 15.3. The highest BCUT2D eigenvalue weighted by atomic mass is 19.4. The number of aryl methyl sites for hydroxylation is 1. The van der Waals surface area contributed by atoms with Crippen molar-refractivity contribution in [2.75, 3.05) is 11.9 Å². The van der Waals surface area contributed by atoms with Crippen LogP contribution in [0.2, 0.25) is 0 Å². The van der Waals surface area contributed by atoms with Gasteiger partial charge in [-0.25, -0.2) is 9.97 Å². The molecule has 2 aromatic rings. The smallest absolute Gasteiger partial charge is 0.369 e. The van der Waals surface area contributed by atoms with Crippen molar-refractivity contribution in [2.24, 2.45) is 0 Å². The molecular weight excluding hydrogens is 279 g/mol. The maximum Gasteiger partial charge on any atom is 0.416 e. The topological polar surface area (TPSA) is 37.8 Å². The van der Waals surface area contributed by atoms with E-state index < -0.39 is 11.7 Å². The fourth-order valence-corrected chi connectivity index (χ4v) is 1.93. The van der Waals surface area contributed by atoms with Gasteiger partial charge in [-0.2, -0.15) is 13.2 Å². The number of nitrogens with one attached hydrogen (secondary N) is 1. The molecule has 0 bridgehead atoms. The predicted molar refractivity (Wildman–Crippen MR) is 75.1 cm³/mol. The second-order valence-corrected chi connectivity index (χ2v) is 4.89. The summed E-state index contributed by atoms with van der Waals surface area (Å²) in [6.07, 6.45) is -2.63. The first-order valence-electron chi connectivity index (χ1n) is 6.57. The van der Waals surface area contributed by atoms with Crippen molar-refractivity contribution in [2.45, 2.75) is 25.9 Å². The maximum absolute atomic E-state index is 12.5. The number of alkyl halides is 3. The fraction of sp³-hybridized carbons (Fsp3) is 0.333. The van der Waals surface area contributed by atoms with Gasteiger partial charge in [-0.1, -0.05) is 19.1 Å². The third-order valence-electron chi connectivity index (χ3n) is 3.17. The fourth-order valence-electron chi connectivity index (χ4n) is 1.93. The number of rotatable bonds is 4. The van der Waals surface area contributed by atoms with Crippen molar-refractivity contribution >= 4 is 5.82 Å². The van der Waals surface area contributed by atoms with Gasteiger partial charge < -0.3 is 5.32 Å². The molecule has 1 aromatic carbocycles. The van der Waals surface area contributed by atoms with Crippen molar-refractivity contribution in [3.05, 3.63) is 53.5 Å². The van der Waals surface area contributed by atoms with Crippen molar-refractivity contribution in [3.63, 3.8) is 0 Å². The van der Waals surface area contributed by atoms with Crippen LogP contribution in [0.3, 0.4) is 0 Å². The molecule has 6 heteroatoms. The zero-order valence-corrected chi connectivity index (χ0v) is 11.8. The summed E-state index contributed by atoms with van der Waals surface area (Å²) in [6.45, 7) is 4.33. The van der Waals surface area contributed by atoms with Crippen molar-refractivity contribution in [1.82, 2.24) is 9.97 Å². The molecular formula is C15H16F3N3. The summed E-state index contributed by atoms with van der Waals surface area (Å²) in [7, 11) is 0. The number of hydrogen-bond donors (Lipinski definition) is 1. The average Bonchev–Trinajstić information content (AvgIpc) is 2.44. The number of hydrogen-bond acceptors (Lipinski definition) is 3. The van der Waals surface area contributed by atoms with Gasteiger partial charge in [0.05, 0.1) is 5.56 Å². The van der Waals surface area contributed by atoms with Crippen LogP contribution in [0.5, 0.6) is 0 Å². The summed E-state index contributed by atoms with van der Waals surface area (Å²) in [5, 5.41) is 3.16. The molecule has 0 radical (unpaired) electrons. The average molecular weight is 295 g/mol. The third-order valence-corrected chi connectivity index (χ3v) is 3.17. The molecule has 0 aliphatic rings. The lowest BCUT2D eigenvalue weighted by molar-refractivity contribution is -0.137. The Morgan fingerprint density at radius 3 is 2.38 bits per heavy atom. The van der Waals surface area contributed by atoms with Gasteiger partial charge in [-0.15, -0.1) is 0 Å². The molecule has 21 heavy (non-hydrogen) atoms. The maximum atomic E-state index is 12.5. The molecule has 1 aromatic heterocycles. The second-order valence-electron chi connectivity index (χ2n) is 4.89. The quantitative estimate of drug-likeness (QED) is 0.925. The molecule has 0 spiro atoms. The van der Waals surface area contributed by atoms with E-state index in [1.54, 1.807) is 19.2 Å². The van der Waals surface area contributed by atoms with Gasteiger partial charge >= 0.3 is 6.18 Å². The van der Waals surface area contributed by atoms with Crippen LogP contribution in [0.15, 0.2) is 36.5 Å². The van der Waals surface area contributed by atoms with E-state index in [0.29, 0.717) is 18.2 Å². The van der Waals surface area contributed by atoms with Gasteiger partial charge in [0.2, 0.25) is 0 Å². The molecule has 1 atom stereocenters. The lowest BCUT2D eigenvalue weighted by atomic mass is 9.99.